The number of benzene rings is 2. The van der Waals surface area contributed by atoms with Crippen LogP contribution in [0.4, 0.5) is 9.59 Å². The number of nitrogens with one attached hydrogen (secondary N) is 4. The summed E-state index contributed by atoms with van der Waals surface area (Å²) >= 11 is 0. The molecule has 7 rings (SSSR count). The topological polar surface area (TPSA) is 193 Å². The van der Waals surface area contributed by atoms with Gasteiger partial charge >= 0.3 is 12.2 Å². The third kappa shape index (κ3) is 9.60. The molecule has 4 N–H and O–H groups in total. The molecular weight excluding hydrogens is 781 g/mol. The molecule has 61 heavy (non-hydrogen) atoms. The molecule has 3 aliphatic heterocycles. The normalized spacial score (nSPS) is 21.6. The van der Waals surface area contributed by atoms with Crippen molar-refractivity contribution in [3.05, 3.63) is 72.6 Å². The zero-order chi connectivity index (χ0) is 43.2. The van der Waals surface area contributed by atoms with Crippen LogP contribution in [0.2, 0.25) is 0 Å². The van der Waals surface area contributed by atoms with Crippen LogP contribution in [0.15, 0.2) is 60.9 Å². The Morgan fingerprint density at radius 3 is 1.84 bits per heavy atom. The third-order valence-corrected chi connectivity index (χ3v) is 12.4. The van der Waals surface area contributed by atoms with Crippen LogP contribution in [0.5, 0.6) is 0 Å². The van der Waals surface area contributed by atoms with Gasteiger partial charge in [-0.15, -0.1) is 0 Å². The van der Waals surface area contributed by atoms with E-state index in [9.17, 15) is 19.2 Å². The fourth-order valence-electron chi connectivity index (χ4n) is 9.05. The van der Waals surface area contributed by atoms with Gasteiger partial charge in [-0.25, -0.2) is 19.6 Å². The van der Waals surface area contributed by atoms with E-state index in [0.717, 1.165) is 52.3 Å². The van der Waals surface area contributed by atoms with Crippen LogP contribution in [-0.4, -0.2) is 120 Å². The molecular formula is C45H58N8O8. The number of nitrogens with zero attached hydrogens (tertiary/aromatic N) is 4. The van der Waals surface area contributed by atoms with Crippen LogP contribution in [-0.2, 0) is 28.5 Å². The SMILES string of the molecule is COCC1CC(c2ncc(-c3ccc(-c4ccc(-c5cnc(C6CCC(C)N6C(=O)C(NC(=O)OC)C6CCOCC6)[nH]5)cc4)cc3)[nH]2)N(C(=O)C(NC(=O)OC)C(C)C)C1. The van der Waals surface area contributed by atoms with Gasteiger partial charge in [0.15, 0.2) is 0 Å². The smallest absolute Gasteiger partial charge is 0.407 e. The summed E-state index contributed by atoms with van der Waals surface area (Å²) in [6.07, 6.45) is 5.97. The number of alkyl carbamates (subject to hydrolysis) is 2. The van der Waals surface area contributed by atoms with Crippen molar-refractivity contribution in [2.45, 2.75) is 83.1 Å². The highest BCUT2D eigenvalue weighted by atomic mass is 16.5. The predicted molar refractivity (Wildman–Crippen MR) is 227 cm³/mol. The first-order chi connectivity index (χ1) is 29.5. The fraction of sp³-hybridized carbons (Fsp3) is 0.511. The van der Waals surface area contributed by atoms with Crippen LogP contribution in [0.1, 0.15) is 76.6 Å². The standard InChI is InChI=1S/C45H58N8O8/c1-26(2)38(50-44(56)59-5)42(54)52-24-28(25-58-4)21-37(52)41-47-23-35(49-41)32-14-10-30(11-15-32)29-8-12-31(13-9-29)34-22-46-40(48-34)36-16-7-27(3)53(36)43(55)39(51-45(57)60-6)33-17-19-61-20-18-33/h8-15,22-23,26-28,33,36-39H,7,16-21,24-25H2,1-6H3,(H,46,48)(H,47,49)(H,50,56)(H,51,57). The number of methoxy groups -OCH3 is 3. The number of H-pyrrole nitrogens is 2. The number of carbonyl (C=O) groups is 4. The molecule has 3 saturated heterocycles. The lowest BCUT2D eigenvalue weighted by Gasteiger charge is -2.36. The van der Waals surface area contributed by atoms with Crippen LogP contribution >= 0.6 is 0 Å². The summed E-state index contributed by atoms with van der Waals surface area (Å²) in [6.45, 7) is 7.93. The van der Waals surface area contributed by atoms with E-state index in [1.165, 1.54) is 14.2 Å². The van der Waals surface area contributed by atoms with Gasteiger partial charge in [0.25, 0.3) is 0 Å². The number of imidazole rings is 2. The second-order valence-corrected chi connectivity index (χ2v) is 16.7. The van der Waals surface area contributed by atoms with Gasteiger partial charge in [0.1, 0.15) is 23.7 Å². The lowest BCUT2D eigenvalue weighted by molar-refractivity contribution is -0.138. The van der Waals surface area contributed by atoms with E-state index in [0.29, 0.717) is 51.5 Å². The highest BCUT2D eigenvalue weighted by Crippen LogP contribution is 2.39. The average Bonchev–Trinajstić information content (AvgIpc) is 4.11. The number of amides is 4. The summed E-state index contributed by atoms with van der Waals surface area (Å²) < 4.78 is 20.7. The van der Waals surface area contributed by atoms with E-state index in [1.807, 2.05) is 44.0 Å². The maximum atomic E-state index is 14.2. The van der Waals surface area contributed by atoms with Gasteiger partial charge in [0, 0.05) is 38.8 Å². The van der Waals surface area contributed by atoms with Crippen LogP contribution in [0.25, 0.3) is 33.6 Å². The average molecular weight is 839 g/mol. The monoisotopic (exact) mass is 838 g/mol. The number of aromatic nitrogens is 4. The van der Waals surface area contributed by atoms with Crippen molar-refractivity contribution >= 4 is 24.0 Å². The quantitative estimate of drug-likeness (QED) is 0.120. The molecule has 6 atom stereocenters. The Labute approximate surface area is 356 Å². The first-order valence-electron chi connectivity index (χ1n) is 21.2. The van der Waals surface area contributed by atoms with Crippen molar-refractivity contribution in [3.8, 4) is 33.6 Å². The molecule has 0 aliphatic carbocycles. The van der Waals surface area contributed by atoms with Gasteiger partial charge < -0.3 is 49.3 Å². The van der Waals surface area contributed by atoms with Crippen molar-refractivity contribution in [2.75, 3.05) is 47.7 Å². The van der Waals surface area contributed by atoms with E-state index < -0.39 is 24.3 Å². The molecule has 4 amide bonds. The number of aromatic amines is 2. The largest absolute Gasteiger partial charge is 0.453 e. The summed E-state index contributed by atoms with van der Waals surface area (Å²) in [5.74, 6) is 1.02. The maximum Gasteiger partial charge on any atom is 0.407 e. The Morgan fingerprint density at radius 1 is 0.754 bits per heavy atom. The van der Waals surface area contributed by atoms with Gasteiger partial charge in [0.05, 0.1) is 56.7 Å². The molecule has 3 fully saturated rings. The molecule has 2 aromatic carbocycles. The minimum absolute atomic E-state index is 0.0168. The zero-order valence-electron chi connectivity index (χ0n) is 35.8. The predicted octanol–water partition coefficient (Wildman–Crippen LogP) is 6.25. The highest BCUT2D eigenvalue weighted by Gasteiger charge is 2.44. The molecule has 16 nitrogen and oxygen atoms in total. The fourth-order valence-corrected chi connectivity index (χ4v) is 9.05. The van der Waals surface area contributed by atoms with Gasteiger partial charge in [-0.05, 0) is 73.1 Å². The number of hydrogen-bond acceptors (Lipinski definition) is 10. The molecule has 0 radical (unpaired) electrons. The molecule has 4 aromatic rings. The van der Waals surface area contributed by atoms with Crippen LogP contribution < -0.4 is 10.6 Å². The van der Waals surface area contributed by atoms with E-state index in [-0.39, 0.29) is 47.7 Å². The molecule has 0 saturated carbocycles. The molecule has 3 aliphatic rings. The van der Waals surface area contributed by atoms with Crippen molar-refractivity contribution in [3.63, 3.8) is 0 Å². The first kappa shape index (κ1) is 43.4. The number of likely N-dealkylation sites (tertiary alicyclic amines) is 2. The minimum Gasteiger partial charge on any atom is -0.453 e. The van der Waals surface area contributed by atoms with Crippen molar-refractivity contribution < 1.29 is 38.1 Å². The lowest BCUT2D eigenvalue weighted by Crippen LogP contribution is -2.54. The Bertz CT molecular complexity index is 2130. The summed E-state index contributed by atoms with van der Waals surface area (Å²) in [7, 11) is 4.25. The molecule has 6 unspecified atom stereocenters. The Balaban J connectivity index is 1.03. The molecule has 0 bridgehead atoms. The van der Waals surface area contributed by atoms with E-state index in [4.69, 9.17) is 28.9 Å². The van der Waals surface area contributed by atoms with Crippen molar-refractivity contribution in [2.24, 2.45) is 17.8 Å². The van der Waals surface area contributed by atoms with Crippen LogP contribution in [0, 0.1) is 17.8 Å². The first-order valence-corrected chi connectivity index (χ1v) is 21.2. The number of hydrogen-bond donors (Lipinski definition) is 4. The zero-order valence-corrected chi connectivity index (χ0v) is 35.8. The Hall–Kier alpha value is -5.74. The second kappa shape index (κ2) is 19.3. The highest BCUT2D eigenvalue weighted by molar-refractivity contribution is 5.87. The summed E-state index contributed by atoms with van der Waals surface area (Å²) in [5, 5.41) is 5.54. The lowest BCUT2D eigenvalue weighted by atomic mass is 9.90. The Morgan fingerprint density at radius 2 is 1.30 bits per heavy atom. The summed E-state index contributed by atoms with van der Waals surface area (Å²) in [6, 6.07) is 14.5. The second-order valence-electron chi connectivity index (χ2n) is 16.7. The van der Waals surface area contributed by atoms with E-state index in [1.54, 1.807) is 18.2 Å². The van der Waals surface area contributed by atoms with Gasteiger partial charge in [-0.3, -0.25) is 9.59 Å². The van der Waals surface area contributed by atoms with E-state index in [2.05, 4.69) is 57.0 Å². The molecule has 5 heterocycles. The summed E-state index contributed by atoms with van der Waals surface area (Å²) in [5.41, 5.74) is 5.69. The van der Waals surface area contributed by atoms with Gasteiger partial charge in [-0.2, -0.15) is 0 Å². The van der Waals surface area contributed by atoms with Crippen molar-refractivity contribution in [1.29, 1.82) is 0 Å². The third-order valence-electron chi connectivity index (χ3n) is 12.4. The molecule has 2 aromatic heterocycles. The van der Waals surface area contributed by atoms with Gasteiger partial charge in [-0.1, -0.05) is 62.4 Å². The molecule has 0 spiro atoms. The number of rotatable bonds is 13. The number of ether oxygens (including phenoxy) is 4. The minimum atomic E-state index is -0.743. The summed E-state index contributed by atoms with van der Waals surface area (Å²) in [4.78, 5) is 72.6. The maximum absolute atomic E-state index is 14.2. The van der Waals surface area contributed by atoms with Crippen LogP contribution in [0.3, 0.4) is 0 Å². The Kier molecular flexibility index (Phi) is 13.7. The molecule has 326 valence electrons. The number of carbonyl (C=O) groups excluding carboxylic acids is 4. The van der Waals surface area contributed by atoms with Crippen molar-refractivity contribution in [1.82, 2.24) is 40.4 Å². The van der Waals surface area contributed by atoms with Gasteiger partial charge in [0.2, 0.25) is 11.8 Å². The van der Waals surface area contributed by atoms with E-state index >= 15 is 0 Å². The molecule has 16 heteroatoms.